The van der Waals surface area contributed by atoms with Crippen molar-refractivity contribution in [2.75, 3.05) is 0 Å². The first-order valence-electron chi connectivity index (χ1n) is 9.13. The molecule has 3 aromatic rings. The van der Waals surface area contributed by atoms with Gasteiger partial charge < -0.3 is 5.11 Å². The summed E-state index contributed by atoms with van der Waals surface area (Å²) in [5.41, 5.74) is 5.06. The number of hydrogen-bond acceptors (Lipinski definition) is 3. The van der Waals surface area contributed by atoms with Crippen molar-refractivity contribution in [1.29, 1.82) is 0 Å². The number of amides is 1. The van der Waals surface area contributed by atoms with Gasteiger partial charge in [-0.25, -0.2) is 5.43 Å². The number of phenolic OH excluding ortho intramolecular Hbond substituents is 1. The number of halogens is 2. The van der Waals surface area contributed by atoms with Crippen molar-refractivity contribution in [3.05, 3.63) is 99.5 Å². The molecule has 0 heterocycles. The molecule has 1 saturated carbocycles. The van der Waals surface area contributed by atoms with Gasteiger partial charge in [-0.3, -0.25) is 4.79 Å². The van der Waals surface area contributed by atoms with E-state index in [1.54, 1.807) is 30.5 Å². The molecule has 1 amide bonds. The van der Waals surface area contributed by atoms with Crippen LogP contribution in [-0.2, 0) is 10.2 Å². The maximum Gasteiger partial charge on any atom is 0.244 e. The van der Waals surface area contributed by atoms with Crippen molar-refractivity contribution >= 4 is 35.3 Å². The van der Waals surface area contributed by atoms with E-state index in [-0.39, 0.29) is 17.6 Å². The van der Waals surface area contributed by atoms with E-state index >= 15 is 0 Å². The topological polar surface area (TPSA) is 61.7 Å². The van der Waals surface area contributed by atoms with Gasteiger partial charge in [-0.05, 0) is 71.6 Å². The molecule has 4 rings (SSSR count). The Hall–Kier alpha value is -2.82. The van der Waals surface area contributed by atoms with Crippen LogP contribution in [0.1, 0.15) is 23.1 Å². The number of rotatable bonds is 5. The van der Waals surface area contributed by atoms with Gasteiger partial charge in [0.15, 0.2) is 0 Å². The Balaban J connectivity index is 1.56. The van der Waals surface area contributed by atoms with Gasteiger partial charge in [0.25, 0.3) is 0 Å². The summed E-state index contributed by atoms with van der Waals surface area (Å²) in [5.74, 6) is -0.216. The number of phenols is 1. The Bertz CT molecular complexity index is 1000. The molecule has 146 valence electrons. The van der Waals surface area contributed by atoms with Crippen LogP contribution in [0.5, 0.6) is 5.75 Å². The largest absolute Gasteiger partial charge is 0.508 e. The van der Waals surface area contributed by atoms with Gasteiger partial charge in [-0.2, -0.15) is 5.10 Å². The molecule has 1 atom stereocenters. The fourth-order valence-corrected chi connectivity index (χ4v) is 3.94. The van der Waals surface area contributed by atoms with Crippen LogP contribution in [-0.4, -0.2) is 17.2 Å². The molecule has 0 bridgehead atoms. The monoisotopic (exact) mass is 424 g/mol. The summed E-state index contributed by atoms with van der Waals surface area (Å²) in [4.78, 5) is 12.8. The summed E-state index contributed by atoms with van der Waals surface area (Å²) in [7, 11) is 0. The lowest BCUT2D eigenvalue weighted by atomic mass is 9.85. The molecule has 4 nitrogen and oxygen atoms in total. The molecule has 0 aliphatic heterocycles. The number of carbonyl (C=O) groups is 1. The lowest BCUT2D eigenvalue weighted by molar-refractivity contribution is -0.122. The number of aromatic hydroxyl groups is 1. The van der Waals surface area contributed by atoms with Gasteiger partial charge >= 0.3 is 0 Å². The summed E-state index contributed by atoms with van der Waals surface area (Å²) in [6, 6.07) is 21.8. The van der Waals surface area contributed by atoms with Crippen LogP contribution < -0.4 is 5.43 Å². The molecule has 3 aromatic carbocycles. The van der Waals surface area contributed by atoms with Crippen LogP contribution >= 0.6 is 23.2 Å². The van der Waals surface area contributed by atoms with Gasteiger partial charge in [0, 0.05) is 15.5 Å². The Kier molecular flexibility index (Phi) is 5.31. The van der Waals surface area contributed by atoms with E-state index < -0.39 is 5.41 Å². The third-order valence-corrected chi connectivity index (χ3v) is 5.78. The van der Waals surface area contributed by atoms with Gasteiger partial charge in [0.2, 0.25) is 5.91 Å². The quantitative estimate of drug-likeness (QED) is 0.439. The Morgan fingerprint density at radius 3 is 1.97 bits per heavy atom. The number of hydrogen-bond donors (Lipinski definition) is 2. The predicted octanol–water partition coefficient (Wildman–Crippen LogP) is 5.16. The van der Waals surface area contributed by atoms with Crippen LogP contribution in [0, 0.1) is 5.92 Å². The molecule has 0 saturated heterocycles. The Morgan fingerprint density at radius 1 is 0.931 bits per heavy atom. The molecule has 1 fully saturated rings. The normalized spacial score (nSPS) is 17.2. The molecule has 0 unspecified atom stereocenters. The number of benzene rings is 3. The third kappa shape index (κ3) is 4.00. The standard InChI is InChI=1S/C23H18Cl2N2O2/c24-18-7-3-16(4-8-18)23(17-5-9-19(25)10-6-17)13-21(23)22(29)27-26-14-15-1-11-20(28)12-2-15/h1-12,14,21,28H,13H2,(H,27,29)/b26-14-/t21-/m1/s1. The minimum Gasteiger partial charge on any atom is -0.508 e. The van der Waals surface area contributed by atoms with Crippen molar-refractivity contribution in [2.24, 2.45) is 11.0 Å². The zero-order valence-corrected chi connectivity index (χ0v) is 16.9. The maximum absolute atomic E-state index is 12.8. The molecule has 0 radical (unpaired) electrons. The SMILES string of the molecule is O=C(N/N=C\c1ccc(O)cc1)[C@H]1CC1(c1ccc(Cl)cc1)c1ccc(Cl)cc1. The van der Waals surface area contributed by atoms with Crippen molar-refractivity contribution in [3.8, 4) is 5.75 Å². The van der Waals surface area contributed by atoms with Gasteiger partial charge in [0.05, 0.1) is 12.1 Å². The van der Waals surface area contributed by atoms with E-state index in [1.165, 1.54) is 0 Å². The summed E-state index contributed by atoms with van der Waals surface area (Å²) in [6.07, 6.45) is 2.23. The van der Waals surface area contributed by atoms with E-state index in [2.05, 4.69) is 10.5 Å². The zero-order valence-electron chi connectivity index (χ0n) is 15.3. The molecule has 1 aliphatic rings. The number of nitrogens with zero attached hydrogens (tertiary/aromatic N) is 1. The van der Waals surface area contributed by atoms with Gasteiger partial charge in [-0.1, -0.05) is 47.5 Å². The molecule has 29 heavy (non-hydrogen) atoms. The van der Waals surface area contributed by atoms with Crippen LogP contribution in [0.15, 0.2) is 77.9 Å². The first-order valence-corrected chi connectivity index (χ1v) is 9.89. The first-order chi connectivity index (χ1) is 14.0. The molecule has 6 heteroatoms. The molecule has 1 aliphatic carbocycles. The minimum atomic E-state index is -0.423. The highest BCUT2D eigenvalue weighted by Crippen LogP contribution is 2.59. The van der Waals surface area contributed by atoms with Crippen LogP contribution in [0.3, 0.4) is 0 Å². The maximum atomic E-state index is 12.8. The fourth-order valence-electron chi connectivity index (χ4n) is 3.69. The molecule has 0 aromatic heterocycles. The van der Waals surface area contributed by atoms with E-state index in [0.717, 1.165) is 16.7 Å². The lowest BCUT2D eigenvalue weighted by Crippen LogP contribution is -2.25. The Morgan fingerprint density at radius 2 is 1.45 bits per heavy atom. The highest BCUT2D eigenvalue weighted by molar-refractivity contribution is 6.30. The first kappa shape index (κ1) is 19.5. The molecule has 0 spiro atoms. The van der Waals surface area contributed by atoms with Gasteiger partial charge in [0.1, 0.15) is 5.75 Å². The van der Waals surface area contributed by atoms with E-state index in [4.69, 9.17) is 23.2 Å². The molecular weight excluding hydrogens is 407 g/mol. The molecular formula is C23H18Cl2N2O2. The highest BCUT2D eigenvalue weighted by Gasteiger charge is 2.60. The van der Waals surface area contributed by atoms with E-state index in [1.807, 2.05) is 48.5 Å². The molecule has 2 N–H and O–H groups in total. The minimum absolute atomic E-state index is 0.148. The second kappa shape index (κ2) is 7.90. The Labute approximate surface area is 178 Å². The summed E-state index contributed by atoms with van der Waals surface area (Å²) in [6.45, 7) is 0. The summed E-state index contributed by atoms with van der Waals surface area (Å²) < 4.78 is 0. The average molecular weight is 425 g/mol. The van der Waals surface area contributed by atoms with Crippen molar-refractivity contribution in [3.63, 3.8) is 0 Å². The van der Waals surface area contributed by atoms with Crippen LogP contribution in [0.25, 0.3) is 0 Å². The van der Waals surface area contributed by atoms with Crippen molar-refractivity contribution in [1.82, 2.24) is 5.43 Å². The van der Waals surface area contributed by atoms with E-state index in [9.17, 15) is 9.90 Å². The smallest absolute Gasteiger partial charge is 0.244 e. The second-order valence-electron chi connectivity index (χ2n) is 7.07. The van der Waals surface area contributed by atoms with Gasteiger partial charge in [-0.15, -0.1) is 0 Å². The summed E-state index contributed by atoms with van der Waals surface area (Å²) >= 11 is 12.1. The van der Waals surface area contributed by atoms with Crippen LogP contribution in [0.2, 0.25) is 10.0 Å². The number of nitrogens with one attached hydrogen (secondary N) is 1. The number of hydrazone groups is 1. The fraction of sp³-hybridized carbons (Fsp3) is 0.130. The predicted molar refractivity (Wildman–Crippen MR) is 116 cm³/mol. The second-order valence-corrected chi connectivity index (χ2v) is 7.94. The lowest BCUT2D eigenvalue weighted by Gasteiger charge is -2.19. The summed E-state index contributed by atoms with van der Waals surface area (Å²) in [5, 5.41) is 14.7. The average Bonchev–Trinajstić information content (AvgIpc) is 3.47. The number of carbonyl (C=O) groups excluding carboxylic acids is 1. The van der Waals surface area contributed by atoms with E-state index in [0.29, 0.717) is 16.5 Å². The van der Waals surface area contributed by atoms with Crippen LogP contribution in [0.4, 0.5) is 0 Å². The van der Waals surface area contributed by atoms with Crippen molar-refractivity contribution in [2.45, 2.75) is 11.8 Å². The third-order valence-electron chi connectivity index (χ3n) is 5.28. The van der Waals surface area contributed by atoms with Crippen molar-refractivity contribution < 1.29 is 9.90 Å². The zero-order chi connectivity index (χ0) is 20.4. The highest BCUT2D eigenvalue weighted by atomic mass is 35.5.